The van der Waals surface area contributed by atoms with Gasteiger partial charge in [0, 0.05) is 0 Å². The zero-order valence-electron chi connectivity index (χ0n) is 10.2. The number of benzene rings is 1. The molecule has 0 spiro atoms. The zero-order chi connectivity index (χ0) is 13.4. The Kier molecular flexibility index (Phi) is 5.66. The standard InChI is InChI=1S/C12H14O6/c1-3-7-15-12(14)17-18-16-11(13)10-6-4-5-9(2)8-10/h4-6,8H,3,7H2,1-2H3. The molecule has 0 unspecified atom stereocenters. The summed E-state index contributed by atoms with van der Waals surface area (Å²) in [7, 11) is 0. The zero-order valence-corrected chi connectivity index (χ0v) is 10.2. The molecule has 0 amide bonds. The van der Waals surface area contributed by atoms with Gasteiger partial charge in [-0.3, -0.25) is 4.89 Å². The van der Waals surface area contributed by atoms with E-state index in [2.05, 4.69) is 19.6 Å². The second-order valence-electron chi connectivity index (χ2n) is 3.49. The van der Waals surface area contributed by atoms with Gasteiger partial charge in [0.25, 0.3) is 0 Å². The average Bonchev–Trinajstić information content (AvgIpc) is 2.36. The summed E-state index contributed by atoms with van der Waals surface area (Å²) in [6, 6.07) is 6.69. The number of ether oxygens (including phenoxy) is 1. The molecule has 0 heterocycles. The molecule has 1 rings (SSSR count). The molecular weight excluding hydrogens is 240 g/mol. The summed E-state index contributed by atoms with van der Waals surface area (Å²) >= 11 is 0. The Balaban J connectivity index is 2.31. The van der Waals surface area contributed by atoms with Gasteiger partial charge in [0.2, 0.25) is 0 Å². The molecule has 0 fully saturated rings. The molecule has 98 valence electrons. The molecule has 1 aromatic rings. The third-order valence-electron chi connectivity index (χ3n) is 1.89. The maximum absolute atomic E-state index is 11.4. The highest BCUT2D eigenvalue weighted by Crippen LogP contribution is 2.06. The van der Waals surface area contributed by atoms with Crippen LogP contribution in [0.1, 0.15) is 29.3 Å². The predicted molar refractivity (Wildman–Crippen MR) is 60.4 cm³/mol. The minimum absolute atomic E-state index is 0.202. The topological polar surface area (TPSA) is 71.1 Å². The van der Waals surface area contributed by atoms with Crippen LogP contribution in [0.15, 0.2) is 24.3 Å². The maximum Gasteiger partial charge on any atom is 0.543 e. The minimum atomic E-state index is -1.06. The van der Waals surface area contributed by atoms with E-state index in [9.17, 15) is 9.59 Å². The quantitative estimate of drug-likeness (QED) is 0.457. The van der Waals surface area contributed by atoms with E-state index in [1.165, 1.54) is 0 Å². The third kappa shape index (κ3) is 4.84. The number of carbonyl (C=O) groups excluding carboxylic acids is 2. The van der Waals surface area contributed by atoms with Crippen LogP contribution in [0.3, 0.4) is 0 Å². The van der Waals surface area contributed by atoms with E-state index in [1.54, 1.807) is 18.2 Å². The van der Waals surface area contributed by atoms with Crippen LogP contribution >= 0.6 is 0 Å². The van der Waals surface area contributed by atoms with Gasteiger partial charge >= 0.3 is 12.1 Å². The van der Waals surface area contributed by atoms with Crippen molar-refractivity contribution in [3.05, 3.63) is 35.4 Å². The lowest BCUT2D eigenvalue weighted by Gasteiger charge is -2.03. The molecule has 0 radical (unpaired) electrons. The van der Waals surface area contributed by atoms with Crippen molar-refractivity contribution in [2.75, 3.05) is 6.61 Å². The SMILES string of the molecule is CCCOC(=O)OOOC(=O)c1cccc(C)c1. The smallest absolute Gasteiger partial charge is 0.432 e. The number of carbonyl (C=O) groups is 2. The van der Waals surface area contributed by atoms with Crippen molar-refractivity contribution < 1.29 is 29.1 Å². The van der Waals surface area contributed by atoms with E-state index in [4.69, 9.17) is 0 Å². The first kappa shape index (κ1) is 14.0. The number of rotatable bonds is 5. The molecule has 0 aromatic heterocycles. The Bertz CT molecular complexity index is 415. The fourth-order valence-electron chi connectivity index (χ4n) is 1.11. The van der Waals surface area contributed by atoms with E-state index in [-0.39, 0.29) is 6.61 Å². The van der Waals surface area contributed by atoms with E-state index in [1.807, 2.05) is 19.9 Å². The maximum atomic E-state index is 11.4. The summed E-state index contributed by atoms with van der Waals surface area (Å²) in [5, 5.41) is 4.02. The van der Waals surface area contributed by atoms with Crippen LogP contribution in [0, 0.1) is 6.92 Å². The van der Waals surface area contributed by atoms with Crippen LogP contribution in [0.2, 0.25) is 0 Å². The van der Waals surface area contributed by atoms with Gasteiger partial charge in [-0.05, 0) is 25.5 Å². The summed E-state index contributed by atoms with van der Waals surface area (Å²) in [6.07, 6.45) is -0.410. The van der Waals surface area contributed by atoms with Crippen molar-refractivity contribution in [1.29, 1.82) is 0 Å². The van der Waals surface area contributed by atoms with Gasteiger partial charge in [0.1, 0.15) is 0 Å². The molecular formula is C12H14O6. The van der Waals surface area contributed by atoms with Crippen LogP contribution in [0.25, 0.3) is 0 Å². The van der Waals surface area contributed by atoms with Crippen molar-refractivity contribution >= 4 is 12.1 Å². The minimum Gasteiger partial charge on any atom is -0.432 e. The first-order valence-corrected chi connectivity index (χ1v) is 5.42. The molecule has 0 bridgehead atoms. The monoisotopic (exact) mass is 254 g/mol. The normalized spacial score (nSPS) is 9.67. The Hall–Kier alpha value is -2.08. The molecule has 0 atom stereocenters. The van der Waals surface area contributed by atoms with E-state index in [0.29, 0.717) is 12.0 Å². The molecule has 0 aliphatic heterocycles. The van der Waals surface area contributed by atoms with E-state index in [0.717, 1.165) is 5.56 Å². The van der Waals surface area contributed by atoms with Crippen molar-refractivity contribution in [2.24, 2.45) is 0 Å². The van der Waals surface area contributed by atoms with Crippen LogP contribution in [0.4, 0.5) is 4.79 Å². The summed E-state index contributed by atoms with van der Waals surface area (Å²) in [4.78, 5) is 30.6. The highest BCUT2D eigenvalue weighted by atomic mass is 17.5. The predicted octanol–water partition coefficient (Wildman–Crippen LogP) is 2.56. The van der Waals surface area contributed by atoms with Crippen LogP contribution in [0.5, 0.6) is 0 Å². The van der Waals surface area contributed by atoms with Gasteiger partial charge in [-0.1, -0.05) is 24.6 Å². The van der Waals surface area contributed by atoms with Gasteiger partial charge in [-0.25, -0.2) is 14.5 Å². The van der Waals surface area contributed by atoms with Gasteiger partial charge in [0.15, 0.2) is 0 Å². The van der Waals surface area contributed by atoms with Crippen molar-refractivity contribution in [3.63, 3.8) is 0 Å². The van der Waals surface area contributed by atoms with Gasteiger partial charge in [0.05, 0.1) is 17.2 Å². The molecule has 18 heavy (non-hydrogen) atoms. The summed E-state index contributed by atoms with van der Waals surface area (Å²) in [6.45, 7) is 3.86. The van der Waals surface area contributed by atoms with E-state index < -0.39 is 12.1 Å². The van der Waals surface area contributed by atoms with Crippen LogP contribution < -0.4 is 0 Å². The van der Waals surface area contributed by atoms with Crippen molar-refractivity contribution in [2.45, 2.75) is 20.3 Å². The van der Waals surface area contributed by atoms with Gasteiger partial charge in [-0.15, -0.1) is 0 Å². The summed E-state index contributed by atoms with van der Waals surface area (Å²) in [5.74, 6) is -0.762. The largest absolute Gasteiger partial charge is 0.543 e. The fraction of sp³-hybridized carbons (Fsp3) is 0.333. The molecule has 0 saturated carbocycles. The Morgan fingerprint density at radius 3 is 2.67 bits per heavy atom. The lowest BCUT2D eigenvalue weighted by Crippen LogP contribution is -2.12. The average molecular weight is 254 g/mol. The molecule has 0 N–H and O–H groups in total. The van der Waals surface area contributed by atoms with Crippen molar-refractivity contribution in [1.82, 2.24) is 0 Å². The second kappa shape index (κ2) is 7.29. The van der Waals surface area contributed by atoms with Gasteiger partial charge in [-0.2, -0.15) is 0 Å². The van der Waals surface area contributed by atoms with Crippen LogP contribution in [-0.4, -0.2) is 18.7 Å². The number of hydrogen-bond donors (Lipinski definition) is 0. The first-order chi connectivity index (χ1) is 8.63. The first-order valence-electron chi connectivity index (χ1n) is 5.42. The fourth-order valence-corrected chi connectivity index (χ4v) is 1.11. The highest BCUT2D eigenvalue weighted by molar-refractivity contribution is 5.89. The van der Waals surface area contributed by atoms with Crippen molar-refractivity contribution in [3.8, 4) is 0 Å². The Morgan fingerprint density at radius 1 is 1.22 bits per heavy atom. The van der Waals surface area contributed by atoms with E-state index >= 15 is 0 Å². The summed E-state index contributed by atoms with van der Waals surface area (Å²) < 4.78 is 4.52. The Morgan fingerprint density at radius 2 is 2.00 bits per heavy atom. The Labute approximate surface area is 104 Å². The van der Waals surface area contributed by atoms with Crippen LogP contribution in [-0.2, 0) is 19.6 Å². The highest BCUT2D eigenvalue weighted by Gasteiger charge is 2.11. The lowest BCUT2D eigenvalue weighted by molar-refractivity contribution is -0.452. The number of hydrogen-bond acceptors (Lipinski definition) is 6. The molecule has 1 aromatic carbocycles. The molecule has 0 aliphatic carbocycles. The molecule has 0 aliphatic rings. The molecule has 6 nitrogen and oxygen atoms in total. The van der Waals surface area contributed by atoms with Gasteiger partial charge < -0.3 is 4.74 Å². The lowest BCUT2D eigenvalue weighted by atomic mass is 10.1. The number of aryl methyl sites for hydroxylation is 1. The summed E-state index contributed by atoms with van der Waals surface area (Å²) in [5.41, 5.74) is 1.19. The third-order valence-corrected chi connectivity index (χ3v) is 1.89. The second-order valence-corrected chi connectivity index (χ2v) is 3.49. The molecule has 0 saturated heterocycles. The molecule has 6 heteroatoms.